The van der Waals surface area contributed by atoms with Crippen molar-refractivity contribution in [2.75, 3.05) is 31.1 Å². The number of rotatable bonds is 5. The van der Waals surface area contributed by atoms with Gasteiger partial charge in [0.15, 0.2) is 0 Å². The van der Waals surface area contributed by atoms with Gasteiger partial charge in [-0.05, 0) is 11.6 Å². The van der Waals surface area contributed by atoms with Gasteiger partial charge in [0.05, 0.1) is 10.8 Å². The molecule has 0 bridgehead atoms. The van der Waals surface area contributed by atoms with Crippen molar-refractivity contribution in [3.63, 3.8) is 0 Å². The number of hydrogen-bond acceptors (Lipinski definition) is 5. The summed E-state index contributed by atoms with van der Waals surface area (Å²) >= 11 is 0. The van der Waals surface area contributed by atoms with E-state index in [-0.39, 0.29) is 23.6 Å². The van der Waals surface area contributed by atoms with Crippen LogP contribution in [0.25, 0.3) is 0 Å². The molecule has 1 saturated heterocycles. The highest BCUT2D eigenvalue weighted by molar-refractivity contribution is 5.79. The molecule has 142 valence electrons. The summed E-state index contributed by atoms with van der Waals surface area (Å²) in [4.78, 5) is 27.3. The maximum atomic E-state index is 12.8. The number of anilines is 1. The third-order valence-corrected chi connectivity index (χ3v) is 5.11. The van der Waals surface area contributed by atoms with E-state index in [1.807, 2.05) is 48.2 Å². The van der Waals surface area contributed by atoms with E-state index < -0.39 is 4.92 Å². The van der Waals surface area contributed by atoms with Crippen molar-refractivity contribution in [3.05, 3.63) is 70.3 Å². The van der Waals surface area contributed by atoms with Gasteiger partial charge < -0.3 is 15.5 Å². The molecule has 2 aromatic rings. The minimum absolute atomic E-state index is 0.0463. The Morgan fingerprint density at radius 3 is 2.37 bits per heavy atom. The minimum atomic E-state index is -0.393. The van der Waals surface area contributed by atoms with Gasteiger partial charge in [-0.1, -0.05) is 43.3 Å². The van der Waals surface area contributed by atoms with Gasteiger partial charge in [-0.3, -0.25) is 14.9 Å². The summed E-state index contributed by atoms with van der Waals surface area (Å²) < 4.78 is 0. The lowest BCUT2D eigenvalue weighted by molar-refractivity contribution is -0.384. The lowest BCUT2D eigenvalue weighted by atomic mass is 9.94. The summed E-state index contributed by atoms with van der Waals surface area (Å²) in [5.41, 5.74) is 8.13. The molecule has 0 aliphatic carbocycles. The van der Waals surface area contributed by atoms with Crippen LogP contribution < -0.4 is 10.6 Å². The van der Waals surface area contributed by atoms with Crippen LogP contribution in [0.3, 0.4) is 0 Å². The second-order valence-corrected chi connectivity index (χ2v) is 6.81. The highest BCUT2D eigenvalue weighted by Crippen LogP contribution is 2.24. The van der Waals surface area contributed by atoms with E-state index in [0.29, 0.717) is 26.2 Å². The first-order valence-corrected chi connectivity index (χ1v) is 9.06. The second kappa shape index (κ2) is 8.18. The Morgan fingerprint density at radius 1 is 1.07 bits per heavy atom. The average Bonchev–Trinajstić information content (AvgIpc) is 2.73. The number of carbonyl (C=O) groups is 1. The van der Waals surface area contributed by atoms with Gasteiger partial charge >= 0.3 is 0 Å². The van der Waals surface area contributed by atoms with Crippen molar-refractivity contribution in [1.29, 1.82) is 0 Å². The number of nitrogens with two attached hydrogens (primary N) is 1. The Balaban J connectivity index is 1.61. The van der Waals surface area contributed by atoms with E-state index in [9.17, 15) is 14.9 Å². The molecule has 3 rings (SSSR count). The van der Waals surface area contributed by atoms with Crippen LogP contribution in [0.2, 0.25) is 0 Å². The van der Waals surface area contributed by atoms with Crippen molar-refractivity contribution in [1.82, 2.24) is 4.90 Å². The average molecular weight is 368 g/mol. The lowest BCUT2D eigenvalue weighted by Crippen LogP contribution is -2.51. The van der Waals surface area contributed by atoms with E-state index in [1.54, 1.807) is 12.1 Å². The number of hydrogen-bond donors (Lipinski definition) is 1. The summed E-state index contributed by atoms with van der Waals surface area (Å²) in [6, 6.07) is 15.9. The fourth-order valence-corrected chi connectivity index (χ4v) is 3.39. The largest absolute Gasteiger partial charge is 0.368 e. The van der Waals surface area contributed by atoms with Gasteiger partial charge in [0.1, 0.15) is 0 Å². The van der Waals surface area contributed by atoms with Crippen molar-refractivity contribution >= 4 is 17.3 Å². The maximum absolute atomic E-state index is 12.8. The molecule has 1 amide bonds. The van der Waals surface area contributed by atoms with E-state index in [4.69, 9.17) is 5.73 Å². The molecule has 27 heavy (non-hydrogen) atoms. The fraction of sp³-hybridized carbons (Fsp3) is 0.350. The molecule has 2 atom stereocenters. The van der Waals surface area contributed by atoms with Crippen LogP contribution in [0.1, 0.15) is 18.5 Å². The van der Waals surface area contributed by atoms with E-state index in [2.05, 4.69) is 4.90 Å². The zero-order chi connectivity index (χ0) is 19.4. The molecule has 1 fully saturated rings. The molecule has 1 aliphatic heterocycles. The molecule has 2 unspecified atom stereocenters. The fourth-order valence-electron chi connectivity index (χ4n) is 3.39. The smallest absolute Gasteiger partial charge is 0.271 e. The highest BCUT2D eigenvalue weighted by atomic mass is 16.6. The van der Waals surface area contributed by atoms with Crippen LogP contribution in [0.4, 0.5) is 11.4 Å². The molecule has 7 heteroatoms. The monoisotopic (exact) mass is 368 g/mol. The summed E-state index contributed by atoms with van der Waals surface area (Å²) in [6.07, 6.45) is 0. The van der Waals surface area contributed by atoms with Gasteiger partial charge in [0.2, 0.25) is 5.91 Å². The van der Waals surface area contributed by atoms with Crippen LogP contribution in [0.15, 0.2) is 54.6 Å². The summed E-state index contributed by atoms with van der Waals surface area (Å²) in [7, 11) is 0. The number of nitro groups is 1. The summed E-state index contributed by atoms with van der Waals surface area (Å²) in [5, 5.41) is 11.0. The van der Waals surface area contributed by atoms with Crippen molar-refractivity contribution in [2.45, 2.75) is 13.0 Å². The van der Waals surface area contributed by atoms with Crippen LogP contribution in [0, 0.1) is 16.0 Å². The number of amides is 1. The topological polar surface area (TPSA) is 92.7 Å². The Morgan fingerprint density at radius 2 is 1.74 bits per heavy atom. The standard InChI is InChI=1S/C20H24N4O3/c1-15(19(21)16-6-3-2-4-7-16)20(25)23-12-10-22(11-13-23)17-8-5-9-18(14-17)24(26)27/h2-9,14-15,19H,10-13,21H2,1H3. The Labute approximate surface area is 158 Å². The number of nitro benzene ring substituents is 1. The number of piperazine rings is 1. The molecular formula is C20H24N4O3. The van der Waals surface area contributed by atoms with Gasteiger partial charge in [-0.2, -0.15) is 0 Å². The predicted molar refractivity (Wildman–Crippen MR) is 104 cm³/mol. The molecule has 2 N–H and O–H groups in total. The Bertz CT molecular complexity index is 804. The van der Waals surface area contributed by atoms with E-state index in [0.717, 1.165) is 11.3 Å². The van der Waals surface area contributed by atoms with E-state index in [1.165, 1.54) is 6.07 Å². The van der Waals surface area contributed by atoms with Gasteiger partial charge in [0, 0.05) is 50.0 Å². The number of carbonyl (C=O) groups excluding carboxylic acids is 1. The molecule has 0 spiro atoms. The van der Waals surface area contributed by atoms with Crippen molar-refractivity contribution < 1.29 is 9.72 Å². The molecule has 0 saturated carbocycles. The number of benzene rings is 2. The third kappa shape index (κ3) is 4.25. The lowest BCUT2D eigenvalue weighted by Gasteiger charge is -2.37. The molecular weight excluding hydrogens is 344 g/mol. The quantitative estimate of drug-likeness (QED) is 0.647. The first-order valence-electron chi connectivity index (χ1n) is 9.06. The van der Waals surface area contributed by atoms with Crippen LogP contribution >= 0.6 is 0 Å². The molecule has 1 heterocycles. The first-order chi connectivity index (χ1) is 13.0. The third-order valence-electron chi connectivity index (χ3n) is 5.11. The van der Waals surface area contributed by atoms with Crippen LogP contribution in [-0.2, 0) is 4.79 Å². The molecule has 7 nitrogen and oxygen atoms in total. The zero-order valence-corrected chi connectivity index (χ0v) is 15.3. The van der Waals surface area contributed by atoms with Crippen LogP contribution in [0.5, 0.6) is 0 Å². The molecule has 1 aliphatic rings. The normalized spacial score (nSPS) is 16.7. The zero-order valence-electron chi connectivity index (χ0n) is 15.3. The Kier molecular flexibility index (Phi) is 5.71. The second-order valence-electron chi connectivity index (χ2n) is 6.81. The van der Waals surface area contributed by atoms with Gasteiger partial charge in [0.25, 0.3) is 5.69 Å². The molecule has 2 aromatic carbocycles. The predicted octanol–water partition coefficient (Wildman–Crippen LogP) is 2.58. The Hall–Kier alpha value is -2.93. The summed E-state index contributed by atoms with van der Waals surface area (Å²) in [6.45, 7) is 4.30. The van der Waals surface area contributed by atoms with E-state index >= 15 is 0 Å². The maximum Gasteiger partial charge on any atom is 0.271 e. The number of nitrogens with zero attached hydrogens (tertiary/aromatic N) is 3. The van der Waals surface area contributed by atoms with Crippen molar-refractivity contribution in [2.24, 2.45) is 11.7 Å². The first kappa shape index (κ1) is 18.8. The highest BCUT2D eigenvalue weighted by Gasteiger charge is 2.29. The van der Waals surface area contributed by atoms with Gasteiger partial charge in [-0.25, -0.2) is 0 Å². The SMILES string of the molecule is CC(C(=O)N1CCN(c2cccc([N+](=O)[O-])c2)CC1)C(N)c1ccccc1. The van der Waals surface area contributed by atoms with Crippen LogP contribution in [-0.4, -0.2) is 41.9 Å². The number of non-ortho nitro benzene ring substituents is 1. The minimum Gasteiger partial charge on any atom is -0.368 e. The summed E-state index contributed by atoms with van der Waals surface area (Å²) in [5.74, 6) is -0.262. The molecule has 0 radical (unpaired) electrons. The van der Waals surface area contributed by atoms with Gasteiger partial charge in [-0.15, -0.1) is 0 Å². The molecule has 0 aromatic heterocycles. The van der Waals surface area contributed by atoms with Crippen molar-refractivity contribution in [3.8, 4) is 0 Å².